The molecule has 0 saturated carbocycles. The van der Waals surface area contributed by atoms with E-state index < -0.39 is 0 Å². The summed E-state index contributed by atoms with van der Waals surface area (Å²) in [5.74, 6) is 1.07. The smallest absolute Gasteiger partial charge is 0.227 e. The Bertz CT molecular complexity index is 753. The van der Waals surface area contributed by atoms with Crippen molar-refractivity contribution in [1.29, 1.82) is 0 Å². The van der Waals surface area contributed by atoms with Gasteiger partial charge in [-0.3, -0.25) is 9.89 Å². The van der Waals surface area contributed by atoms with Gasteiger partial charge in [0.25, 0.3) is 0 Å². The number of likely N-dealkylation sites (tertiary alicyclic amines) is 1. The van der Waals surface area contributed by atoms with Crippen molar-refractivity contribution in [2.45, 2.75) is 44.4 Å². The summed E-state index contributed by atoms with van der Waals surface area (Å²) < 4.78 is 5.47. The Balaban J connectivity index is 1.44. The highest BCUT2D eigenvalue weighted by atomic mass is 16.5. The van der Waals surface area contributed by atoms with E-state index in [0.717, 1.165) is 50.1 Å². The molecular weight excluding hydrogens is 314 g/mol. The summed E-state index contributed by atoms with van der Waals surface area (Å²) in [7, 11) is 0. The minimum atomic E-state index is 0.0958. The van der Waals surface area contributed by atoms with Crippen molar-refractivity contribution in [3.63, 3.8) is 0 Å². The van der Waals surface area contributed by atoms with Gasteiger partial charge in [-0.1, -0.05) is 12.1 Å². The average molecular weight is 339 g/mol. The Morgan fingerprint density at radius 3 is 2.96 bits per heavy atom. The molecule has 1 atom stereocenters. The first-order valence-corrected chi connectivity index (χ1v) is 9.22. The van der Waals surface area contributed by atoms with Crippen molar-refractivity contribution < 1.29 is 9.53 Å². The fraction of sp³-hybridized carbons (Fsp3) is 0.500. The van der Waals surface area contributed by atoms with E-state index in [-0.39, 0.29) is 11.3 Å². The van der Waals surface area contributed by atoms with E-state index >= 15 is 0 Å². The number of rotatable bonds is 4. The van der Waals surface area contributed by atoms with Crippen molar-refractivity contribution in [2.24, 2.45) is 0 Å². The van der Waals surface area contributed by atoms with Crippen LogP contribution in [0.1, 0.15) is 43.0 Å². The molecular formula is C20H25N3O2. The third kappa shape index (κ3) is 3.03. The number of hydrogen-bond donors (Lipinski definition) is 1. The fourth-order valence-electron chi connectivity index (χ4n) is 4.37. The predicted octanol–water partition coefficient (Wildman–Crippen LogP) is 2.86. The van der Waals surface area contributed by atoms with Crippen LogP contribution in [0.4, 0.5) is 0 Å². The summed E-state index contributed by atoms with van der Waals surface area (Å²) in [5, 5.41) is 7.42. The molecule has 1 spiro atoms. The number of carbonyl (C=O) groups is 1. The van der Waals surface area contributed by atoms with Crippen molar-refractivity contribution in [2.75, 3.05) is 19.7 Å². The Morgan fingerprint density at radius 2 is 2.16 bits per heavy atom. The molecule has 2 aromatic rings. The van der Waals surface area contributed by atoms with Crippen LogP contribution in [0, 0.1) is 0 Å². The van der Waals surface area contributed by atoms with Crippen LogP contribution in [0.5, 0.6) is 5.75 Å². The monoisotopic (exact) mass is 339 g/mol. The molecule has 1 saturated heterocycles. The van der Waals surface area contributed by atoms with E-state index in [9.17, 15) is 4.79 Å². The summed E-state index contributed by atoms with van der Waals surface area (Å²) in [6, 6.07) is 7.87. The van der Waals surface area contributed by atoms with E-state index in [0.29, 0.717) is 13.0 Å². The van der Waals surface area contributed by atoms with Crippen LogP contribution in [-0.2, 0) is 23.1 Å². The molecule has 5 heteroatoms. The van der Waals surface area contributed by atoms with Crippen LogP contribution >= 0.6 is 0 Å². The molecule has 5 nitrogen and oxygen atoms in total. The molecule has 2 heterocycles. The van der Waals surface area contributed by atoms with Crippen LogP contribution in [-0.4, -0.2) is 40.7 Å². The van der Waals surface area contributed by atoms with E-state index in [1.807, 2.05) is 37.4 Å². The predicted molar refractivity (Wildman–Crippen MR) is 95.7 cm³/mol. The number of H-pyrrole nitrogens is 1. The molecule has 0 radical (unpaired) electrons. The zero-order valence-corrected chi connectivity index (χ0v) is 14.8. The molecule has 1 aliphatic heterocycles. The third-order valence-electron chi connectivity index (χ3n) is 5.64. The van der Waals surface area contributed by atoms with Crippen LogP contribution < -0.4 is 4.74 Å². The maximum absolute atomic E-state index is 12.8. The standard InChI is InChI=1S/C20H25N3O2/c1-2-25-17-6-4-15(5-7-17)12-18(24)23-11-3-9-20(14-23)10-8-16-13-21-22-19(16)20/h4-7,13H,2-3,8-12,14H2,1H3,(H,21,22). The topological polar surface area (TPSA) is 58.2 Å². The van der Waals surface area contributed by atoms with Gasteiger partial charge in [-0.15, -0.1) is 0 Å². The lowest BCUT2D eigenvalue weighted by Gasteiger charge is -2.40. The van der Waals surface area contributed by atoms with Gasteiger partial charge in [0.15, 0.2) is 0 Å². The number of carbonyl (C=O) groups excluding carboxylic acids is 1. The SMILES string of the molecule is CCOc1ccc(CC(=O)N2CCCC3(CCc4cn[nH]c43)C2)cc1. The summed E-state index contributed by atoms with van der Waals surface area (Å²) in [5.41, 5.74) is 3.74. The molecule has 1 aromatic heterocycles. The lowest BCUT2D eigenvalue weighted by molar-refractivity contribution is -0.132. The maximum atomic E-state index is 12.8. The Hall–Kier alpha value is -2.30. The van der Waals surface area contributed by atoms with E-state index in [1.54, 1.807) is 0 Å². The first-order valence-electron chi connectivity index (χ1n) is 9.22. The number of piperidine rings is 1. The molecule has 1 aromatic carbocycles. The summed E-state index contributed by atoms with van der Waals surface area (Å²) in [6.45, 7) is 4.31. The lowest BCUT2D eigenvalue weighted by Crippen LogP contribution is -2.48. The van der Waals surface area contributed by atoms with Crippen LogP contribution in [0.25, 0.3) is 0 Å². The molecule has 1 aliphatic carbocycles. The molecule has 25 heavy (non-hydrogen) atoms. The highest BCUT2D eigenvalue weighted by Gasteiger charge is 2.44. The number of aromatic nitrogens is 2. The van der Waals surface area contributed by atoms with Crippen LogP contribution in [0.15, 0.2) is 30.5 Å². The van der Waals surface area contributed by atoms with Gasteiger partial charge in [0, 0.05) is 24.2 Å². The van der Waals surface area contributed by atoms with Gasteiger partial charge in [-0.2, -0.15) is 5.10 Å². The highest BCUT2D eigenvalue weighted by molar-refractivity contribution is 5.79. The van der Waals surface area contributed by atoms with Gasteiger partial charge >= 0.3 is 0 Å². The first-order chi connectivity index (χ1) is 12.2. The zero-order valence-electron chi connectivity index (χ0n) is 14.8. The Labute approximate surface area is 148 Å². The van der Waals surface area contributed by atoms with Crippen molar-refractivity contribution in [3.8, 4) is 5.75 Å². The second kappa shape index (κ2) is 6.54. The minimum Gasteiger partial charge on any atom is -0.494 e. The Kier molecular flexibility index (Phi) is 4.24. The van der Waals surface area contributed by atoms with Crippen molar-refractivity contribution in [1.82, 2.24) is 15.1 Å². The van der Waals surface area contributed by atoms with Crippen LogP contribution in [0.2, 0.25) is 0 Å². The number of ether oxygens (including phenoxy) is 1. The number of aromatic amines is 1. The number of aryl methyl sites for hydroxylation is 1. The molecule has 1 amide bonds. The van der Waals surface area contributed by atoms with Gasteiger partial charge in [-0.05, 0) is 55.9 Å². The second-order valence-electron chi connectivity index (χ2n) is 7.22. The summed E-state index contributed by atoms with van der Waals surface area (Å²) in [4.78, 5) is 14.9. The van der Waals surface area contributed by atoms with E-state index in [1.165, 1.54) is 11.3 Å². The van der Waals surface area contributed by atoms with Crippen molar-refractivity contribution >= 4 is 5.91 Å². The van der Waals surface area contributed by atoms with Gasteiger partial charge in [-0.25, -0.2) is 0 Å². The zero-order chi connectivity index (χ0) is 17.3. The number of nitrogens with one attached hydrogen (secondary N) is 1. The molecule has 2 aliphatic rings. The average Bonchev–Trinajstić information content (AvgIpc) is 3.22. The van der Waals surface area contributed by atoms with Gasteiger partial charge in [0.2, 0.25) is 5.91 Å². The molecule has 0 bridgehead atoms. The molecule has 4 rings (SSSR count). The Morgan fingerprint density at radius 1 is 1.32 bits per heavy atom. The summed E-state index contributed by atoms with van der Waals surface area (Å²) in [6.07, 6.45) is 6.82. The van der Waals surface area contributed by atoms with Gasteiger partial charge < -0.3 is 9.64 Å². The number of hydrogen-bond acceptors (Lipinski definition) is 3. The maximum Gasteiger partial charge on any atom is 0.227 e. The molecule has 1 fully saturated rings. The number of benzene rings is 1. The highest BCUT2D eigenvalue weighted by Crippen LogP contribution is 2.43. The summed E-state index contributed by atoms with van der Waals surface area (Å²) >= 11 is 0. The van der Waals surface area contributed by atoms with Crippen LogP contribution in [0.3, 0.4) is 0 Å². The second-order valence-corrected chi connectivity index (χ2v) is 7.22. The quantitative estimate of drug-likeness (QED) is 0.932. The van der Waals surface area contributed by atoms with E-state index in [2.05, 4.69) is 15.1 Å². The normalized spacial score (nSPS) is 22.2. The minimum absolute atomic E-state index is 0.0958. The van der Waals surface area contributed by atoms with E-state index in [4.69, 9.17) is 4.74 Å². The molecule has 1 unspecified atom stereocenters. The number of nitrogens with zero attached hydrogens (tertiary/aromatic N) is 2. The largest absolute Gasteiger partial charge is 0.494 e. The number of amides is 1. The fourth-order valence-corrected chi connectivity index (χ4v) is 4.37. The van der Waals surface area contributed by atoms with Gasteiger partial charge in [0.1, 0.15) is 5.75 Å². The first kappa shape index (κ1) is 16.2. The van der Waals surface area contributed by atoms with Crippen molar-refractivity contribution in [3.05, 3.63) is 47.3 Å². The third-order valence-corrected chi connectivity index (χ3v) is 5.64. The molecule has 1 N–H and O–H groups in total. The van der Waals surface area contributed by atoms with Gasteiger partial charge in [0.05, 0.1) is 19.2 Å². The lowest BCUT2D eigenvalue weighted by atomic mass is 9.77. The molecule has 132 valence electrons. The number of fused-ring (bicyclic) bond motifs is 2.